The molecule has 0 aliphatic carbocycles. The number of rotatable bonds is 6. The Morgan fingerprint density at radius 3 is 2.50 bits per heavy atom. The zero-order chi connectivity index (χ0) is 24.4. The summed E-state index contributed by atoms with van der Waals surface area (Å²) in [5.41, 5.74) is 2.21. The first kappa shape index (κ1) is 24.0. The van der Waals surface area contributed by atoms with Gasteiger partial charge in [-0.3, -0.25) is 9.36 Å². The standard InChI is InChI=1S/C25H23BrN2O5S/c1-5-33-24(30)21-14(2)27-25-28(22(21)15-9-7-6-8-10-15)23(29)20(34-25)12-16-11-18(31-3)19(32-4)13-17(16)26/h6-13,22H,5H2,1-4H3/b20-12+/t22-/m0/s1. The molecule has 1 aromatic heterocycles. The normalized spacial score (nSPS) is 15.6. The van der Waals surface area contributed by atoms with Crippen LogP contribution in [0.4, 0.5) is 0 Å². The lowest BCUT2D eigenvalue weighted by Crippen LogP contribution is -2.39. The van der Waals surface area contributed by atoms with Gasteiger partial charge in [-0.1, -0.05) is 57.6 Å². The van der Waals surface area contributed by atoms with Crippen molar-refractivity contribution in [2.24, 2.45) is 4.99 Å². The predicted octanol–water partition coefficient (Wildman–Crippen LogP) is 3.58. The van der Waals surface area contributed by atoms with Crippen molar-refractivity contribution in [3.8, 4) is 11.5 Å². The van der Waals surface area contributed by atoms with Crippen LogP contribution in [0.5, 0.6) is 11.5 Å². The van der Waals surface area contributed by atoms with Gasteiger partial charge in [0.2, 0.25) is 0 Å². The second-order valence-corrected chi connectivity index (χ2v) is 9.31. The molecule has 0 spiro atoms. The fourth-order valence-corrected chi connectivity index (χ4v) is 5.34. The highest BCUT2D eigenvalue weighted by atomic mass is 79.9. The molecule has 0 bridgehead atoms. The van der Waals surface area contributed by atoms with Gasteiger partial charge < -0.3 is 14.2 Å². The van der Waals surface area contributed by atoms with E-state index in [1.54, 1.807) is 50.8 Å². The van der Waals surface area contributed by atoms with E-state index in [4.69, 9.17) is 14.2 Å². The zero-order valence-electron chi connectivity index (χ0n) is 19.1. The Hall–Kier alpha value is -3.17. The Bertz CT molecular complexity index is 1460. The van der Waals surface area contributed by atoms with Gasteiger partial charge >= 0.3 is 5.97 Å². The van der Waals surface area contributed by atoms with Gasteiger partial charge in [0.15, 0.2) is 16.3 Å². The van der Waals surface area contributed by atoms with Gasteiger partial charge in [0.05, 0.1) is 42.7 Å². The quantitative estimate of drug-likeness (QED) is 0.445. The van der Waals surface area contributed by atoms with E-state index in [-0.39, 0.29) is 12.2 Å². The van der Waals surface area contributed by atoms with E-state index in [0.29, 0.717) is 32.1 Å². The summed E-state index contributed by atoms with van der Waals surface area (Å²) in [6, 6.07) is 12.4. The molecule has 4 rings (SSSR count). The molecular formula is C25H23BrN2O5S. The number of carbonyl (C=O) groups excluding carboxylic acids is 1. The Morgan fingerprint density at radius 2 is 1.85 bits per heavy atom. The molecule has 3 aromatic rings. The molecule has 0 fully saturated rings. The lowest BCUT2D eigenvalue weighted by atomic mass is 9.96. The van der Waals surface area contributed by atoms with E-state index in [2.05, 4.69) is 20.9 Å². The summed E-state index contributed by atoms with van der Waals surface area (Å²) in [6.45, 7) is 3.75. The SMILES string of the molecule is CCOC(=O)C1=C(C)N=c2s/c(=C/c3cc(OC)c(OC)cc3Br)c(=O)n2[C@H]1c1ccccc1. The molecule has 0 saturated heterocycles. The van der Waals surface area contributed by atoms with Crippen molar-refractivity contribution in [1.29, 1.82) is 0 Å². The first-order chi connectivity index (χ1) is 16.4. The van der Waals surface area contributed by atoms with Gasteiger partial charge in [-0.15, -0.1) is 0 Å². The van der Waals surface area contributed by atoms with Gasteiger partial charge in [-0.2, -0.15) is 0 Å². The van der Waals surface area contributed by atoms with E-state index in [9.17, 15) is 9.59 Å². The fraction of sp³-hybridized carbons (Fsp3) is 0.240. The van der Waals surface area contributed by atoms with Gasteiger partial charge in [0, 0.05) is 4.47 Å². The predicted molar refractivity (Wildman–Crippen MR) is 134 cm³/mol. The topological polar surface area (TPSA) is 79.1 Å². The number of carbonyl (C=O) groups is 1. The maximum atomic E-state index is 13.7. The third kappa shape index (κ3) is 4.33. The number of nitrogens with zero attached hydrogens (tertiary/aromatic N) is 2. The van der Waals surface area contributed by atoms with Crippen LogP contribution in [0.2, 0.25) is 0 Å². The third-order valence-electron chi connectivity index (χ3n) is 5.42. The summed E-state index contributed by atoms with van der Waals surface area (Å²) >= 11 is 4.81. The second-order valence-electron chi connectivity index (χ2n) is 7.44. The number of allylic oxidation sites excluding steroid dienone is 1. The van der Waals surface area contributed by atoms with Crippen molar-refractivity contribution in [1.82, 2.24) is 4.57 Å². The van der Waals surface area contributed by atoms with E-state index in [0.717, 1.165) is 15.6 Å². The summed E-state index contributed by atoms with van der Waals surface area (Å²) in [5.74, 6) is 0.647. The number of methoxy groups -OCH3 is 2. The summed E-state index contributed by atoms with van der Waals surface area (Å²) in [7, 11) is 3.12. The maximum absolute atomic E-state index is 13.7. The van der Waals surface area contributed by atoms with Crippen LogP contribution in [0, 0.1) is 0 Å². The molecule has 34 heavy (non-hydrogen) atoms. The average Bonchev–Trinajstić information content (AvgIpc) is 3.14. The van der Waals surface area contributed by atoms with Crippen molar-refractivity contribution >= 4 is 39.3 Å². The van der Waals surface area contributed by atoms with Gasteiger partial charge in [0.25, 0.3) is 5.56 Å². The smallest absolute Gasteiger partial charge is 0.338 e. The van der Waals surface area contributed by atoms with Crippen LogP contribution in [0.25, 0.3) is 6.08 Å². The Morgan fingerprint density at radius 1 is 1.18 bits per heavy atom. The molecular weight excluding hydrogens is 520 g/mol. The number of hydrogen-bond acceptors (Lipinski definition) is 7. The van der Waals surface area contributed by atoms with Gasteiger partial charge in [0.1, 0.15) is 0 Å². The Kier molecular flexibility index (Phi) is 7.04. The molecule has 1 aliphatic heterocycles. The number of thiazole rings is 1. The molecule has 0 N–H and O–H groups in total. The van der Waals surface area contributed by atoms with Crippen LogP contribution in [0.3, 0.4) is 0 Å². The minimum atomic E-state index is -0.632. The van der Waals surface area contributed by atoms with Crippen molar-refractivity contribution in [3.05, 3.63) is 89.0 Å². The van der Waals surface area contributed by atoms with E-state index < -0.39 is 12.0 Å². The molecule has 0 amide bonds. The molecule has 0 saturated carbocycles. The lowest BCUT2D eigenvalue weighted by molar-refractivity contribution is -0.139. The van der Waals surface area contributed by atoms with E-state index in [1.807, 2.05) is 30.3 Å². The van der Waals surface area contributed by atoms with Crippen molar-refractivity contribution in [2.75, 3.05) is 20.8 Å². The zero-order valence-corrected chi connectivity index (χ0v) is 21.5. The molecule has 9 heteroatoms. The number of benzene rings is 2. The van der Waals surface area contributed by atoms with Crippen molar-refractivity contribution in [2.45, 2.75) is 19.9 Å². The minimum Gasteiger partial charge on any atom is -0.493 e. The third-order valence-corrected chi connectivity index (χ3v) is 7.09. The lowest BCUT2D eigenvalue weighted by Gasteiger charge is -2.24. The molecule has 1 aliphatic rings. The second kappa shape index (κ2) is 9.99. The van der Waals surface area contributed by atoms with Crippen LogP contribution in [0.15, 0.2) is 68.0 Å². The van der Waals surface area contributed by atoms with Crippen molar-refractivity contribution in [3.63, 3.8) is 0 Å². The summed E-state index contributed by atoms with van der Waals surface area (Å²) in [4.78, 5) is 31.7. The Labute approximate surface area is 208 Å². The highest BCUT2D eigenvalue weighted by Crippen LogP contribution is 2.34. The summed E-state index contributed by atoms with van der Waals surface area (Å²) < 4.78 is 18.9. The maximum Gasteiger partial charge on any atom is 0.338 e. The molecule has 0 radical (unpaired) electrons. The molecule has 2 heterocycles. The molecule has 0 unspecified atom stereocenters. The minimum absolute atomic E-state index is 0.231. The number of fused-ring (bicyclic) bond motifs is 1. The Balaban J connectivity index is 1.95. The molecule has 7 nitrogen and oxygen atoms in total. The first-order valence-electron chi connectivity index (χ1n) is 10.6. The van der Waals surface area contributed by atoms with Crippen molar-refractivity contribution < 1.29 is 19.0 Å². The van der Waals surface area contributed by atoms with Crippen LogP contribution >= 0.6 is 27.3 Å². The fourth-order valence-electron chi connectivity index (χ4n) is 3.86. The molecule has 1 atom stereocenters. The number of esters is 1. The highest BCUT2D eigenvalue weighted by Gasteiger charge is 2.33. The number of ether oxygens (including phenoxy) is 3. The number of aromatic nitrogens is 1. The monoisotopic (exact) mass is 542 g/mol. The molecule has 176 valence electrons. The number of hydrogen-bond donors (Lipinski definition) is 0. The van der Waals surface area contributed by atoms with Gasteiger partial charge in [-0.05, 0) is 43.2 Å². The van der Waals surface area contributed by atoms with E-state index >= 15 is 0 Å². The average molecular weight is 543 g/mol. The summed E-state index contributed by atoms with van der Waals surface area (Å²) in [5, 5.41) is 0. The van der Waals surface area contributed by atoms with Crippen LogP contribution in [-0.4, -0.2) is 31.4 Å². The first-order valence-corrected chi connectivity index (χ1v) is 12.2. The van der Waals surface area contributed by atoms with Crippen LogP contribution in [0.1, 0.15) is 31.0 Å². The highest BCUT2D eigenvalue weighted by molar-refractivity contribution is 9.10. The summed E-state index contributed by atoms with van der Waals surface area (Å²) in [6.07, 6.45) is 1.78. The molecule has 2 aromatic carbocycles. The van der Waals surface area contributed by atoms with Crippen LogP contribution < -0.4 is 24.4 Å². The van der Waals surface area contributed by atoms with Crippen LogP contribution in [-0.2, 0) is 9.53 Å². The van der Waals surface area contributed by atoms with E-state index in [1.165, 1.54) is 11.3 Å². The van der Waals surface area contributed by atoms with Gasteiger partial charge in [-0.25, -0.2) is 9.79 Å². The largest absolute Gasteiger partial charge is 0.493 e. The number of halogens is 1.